The van der Waals surface area contributed by atoms with Crippen molar-refractivity contribution in [2.45, 2.75) is 13.8 Å². The van der Waals surface area contributed by atoms with Gasteiger partial charge in [0.2, 0.25) is 0 Å². The quantitative estimate of drug-likeness (QED) is 0.822. The summed E-state index contributed by atoms with van der Waals surface area (Å²) in [6.07, 6.45) is 0. The van der Waals surface area contributed by atoms with E-state index in [0.29, 0.717) is 11.5 Å². The van der Waals surface area contributed by atoms with Gasteiger partial charge in [0.1, 0.15) is 0 Å². The monoisotopic (exact) mass is 210 g/mol. The number of carboxylic acids is 1. The number of aryl methyl sites for hydroxylation is 1. The Hall–Kier alpha value is -1.71. The third kappa shape index (κ3) is 2.62. The maximum atomic E-state index is 10.4. The van der Waals surface area contributed by atoms with Crippen molar-refractivity contribution in [2.24, 2.45) is 0 Å². The lowest BCUT2D eigenvalue weighted by Gasteiger charge is -2.13. The first-order valence-electron chi connectivity index (χ1n) is 4.55. The molecule has 4 heteroatoms. The number of carboxylic acid groups (broad SMARTS) is 1. The van der Waals surface area contributed by atoms with Gasteiger partial charge in [0.25, 0.3) is 0 Å². The van der Waals surface area contributed by atoms with Gasteiger partial charge in [0, 0.05) is 0 Å². The highest BCUT2D eigenvalue weighted by molar-refractivity contribution is 5.68. The molecular formula is C11H14O4. The van der Waals surface area contributed by atoms with Crippen LogP contribution in [0.15, 0.2) is 12.1 Å². The minimum atomic E-state index is -1.00. The largest absolute Gasteiger partial charge is 0.493 e. The number of rotatable bonds is 4. The summed E-state index contributed by atoms with van der Waals surface area (Å²) < 4.78 is 10.3. The van der Waals surface area contributed by atoms with E-state index in [9.17, 15) is 4.79 Å². The zero-order chi connectivity index (χ0) is 11.4. The summed E-state index contributed by atoms with van der Waals surface area (Å²) in [7, 11) is 1.54. The molecule has 0 aliphatic heterocycles. The number of carbonyl (C=O) groups is 1. The van der Waals surface area contributed by atoms with Crippen LogP contribution in [-0.4, -0.2) is 24.8 Å². The molecule has 1 aromatic carbocycles. The molecule has 0 saturated heterocycles. The van der Waals surface area contributed by atoms with E-state index in [0.717, 1.165) is 11.1 Å². The maximum Gasteiger partial charge on any atom is 0.341 e. The molecule has 0 amide bonds. The second-order valence-corrected chi connectivity index (χ2v) is 3.22. The van der Waals surface area contributed by atoms with E-state index < -0.39 is 5.97 Å². The summed E-state index contributed by atoms with van der Waals surface area (Å²) in [6.45, 7) is 3.50. The Kier molecular flexibility index (Phi) is 3.55. The summed E-state index contributed by atoms with van der Waals surface area (Å²) in [4.78, 5) is 10.4. The molecule has 0 bridgehead atoms. The van der Waals surface area contributed by atoms with Crippen LogP contribution in [0.1, 0.15) is 11.1 Å². The Morgan fingerprint density at radius 1 is 1.40 bits per heavy atom. The van der Waals surface area contributed by atoms with Gasteiger partial charge in [-0.05, 0) is 31.0 Å². The first-order chi connectivity index (χ1) is 7.06. The van der Waals surface area contributed by atoms with Crippen LogP contribution >= 0.6 is 0 Å². The van der Waals surface area contributed by atoms with Gasteiger partial charge in [-0.3, -0.25) is 0 Å². The van der Waals surface area contributed by atoms with Crippen LogP contribution in [-0.2, 0) is 4.79 Å². The van der Waals surface area contributed by atoms with E-state index in [4.69, 9.17) is 14.6 Å². The molecule has 15 heavy (non-hydrogen) atoms. The van der Waals surface area contributed by atoms with Crippen molar-refractivity contribution in [1.29, 1.82) is 0 Å². The third-order valence-electron chi connectivity index (χ3n) is 2.20. The highest BCUT2D eigenvalue weighted by Crippen LogP contribution is 2.32. The topological polar surface area (TPSA) is 55.8 Å². The van der Waals surface area contributed by atoms with Crippen molar-refractivity contribution in [3.8, 4) is 11.5 Å². The fourth-order valence-corrected chi connectivity index (χ4v) is 1.27. The maximum absolute atomic E-state index is 10.4. The van der Waals surface area contributed by atoms with Gasteiger partial charge in [-0.25, -0.2) is 4.79 Å². The molecular weight excluding hydrogens is 196 g/mol. The molecule has 0 fully saturated rings. The molecule has 0 unspecified atom stereocenters. The van der Waals surface area contributed by atoms with Gasteiger partial charge >= 0.3 is 5.97 Å². The van der Waals surface area contributed by atoms with E-state index in [1.165, 1.54) is 7.11 Å². The Labute approximate surface area is 88.4 Å². The van der Waals surface area contributed by atoms with Crippen LogP contribution in [0.5, 0.6) is 11.5 Å². The first-order valence-corrected chi connectivity index (χ1v) is 4.55. The zero-order valence-corrected chi connectivity index (χ0v) is 9.03. The van der Waals surface area contributed by atoms with Crippen LogP contribution in [0, 0.1) is 13.8 Å². The second-order valence-electron chi connectivity index (χ2n) is 3.22. The van der Waals surface area contributed by atoms with E-state index in [-0.39, 0.29) is 6.61 Å². The average molecular weight is 210 g/mol. The first kappa shape index (κ1) is 11.4. The highest BCUT2D eigenvalue weighted by Gasteiger charge is 2.10. The molecule has 1 rings (SSSR count). The summed E-state index contributed by atoms with van der Waals surface area (Å²) >= 11 is 0. The number of ether oxygens (including phenoxy) is 2. The van der Waals surface area contributed by atoms with E-state index in [1.807, 2.05) is 19.9 Å². The van der Waals surface area contributed by atoms with Gasteiger partial charge in [0.05, 0.1) is 7.11 Å². The van der Waals surface area contributed by atoms with Crippen molar-refractivity contribution in [3.63, 3.8) is 0 Å². The summed E-state index contributed by atoms with van der Waals surface area (Å²) in [5.74, 6) is 0.0505. The van der Waals surface area contributed by atoms with Crippen molar-refractivity contribution in [3.05, 3.63) is 23.3 Å². The second kappa shape index (κ2) is 4.68. The molecule has 0 spiro atoms. The molecule has 0 radical (unpaired) electrons. The molecule has 1 N–H and O–H groups in total. The lowest BCUT2D eigenvalue weighted by atomic mass is 10.1. The predicted molar refractivity (Wildman–Crippen MR) is 55.6 cm³/mol. The fraction of sp³-hybridized carbons (Fsp3) is 0.364. The van der Waals surface area contributed by atoms with Crippen molar-refractivity contribution in [2.75, 3.05) is 13.7 Å². The molecule has 1 aromatic rings. The third-order valence-corrected chi connectivity index (χ3v) is 2.20. The molecule has 0 aromatic heterocycles. The molecule has 0 atom stereocenters. The number of hydrogen-bond acceptors (Lipinski definition) is 3. The standard InChI is InChI=1S/C11H14O4/c1-7-4-5-9(15-6-10(12)13)11(14-3)8(7)2/h4-5H,6H2,1-3H3,(H,12,13). The molecule has 4 nitrogen and oxygen atoms in total. The lowest BCUT2D eigenvalue weighted by molar-refractivity contribution is -0.139. The Bertz CT molecular complexity index is 371. The van der Waals surface area contributed by atoms with Gasteiger partial charge in [0.15, 0.2) is 18.1 Å². The zero-order valence-electron chi connectivity index (χ0n) is 9.03. The average Bonchev–Trinajstić information content (AvgIpc) is 2.19. The molecule has 82 valence electrons. The minimum absolute atomic E-state index is 0.362. The number of aliphatic carboxylic acids is 1. The van der Waals surface area contributed by atoms with Crippen molar-refractivity contribution in [1.82, 2.24) is 0 Å². The smallest absolute Gasteiger partial charge is 0.341 e. The van der Waals surface area contributed by atoms with Crippen LogP contribution in [0.2, 0.25) is 0 Å². The van der Waals surface area contributed by atoms with Crippen LogP contribution < -0.4 is 9.47 Å². The van der Waals surface area contributed by atoms with Crippen LogP contribution in [0.25, 0.3) is 0 Å². The fourth-order valence-electron chi connectivity index (χ4n) is 1.27. The minimum Gasteiger partial charge on any atom is -0.493 e. The van der Waals surface area contributed by atoms with Gasteiger partial charge in [-0.1, -0.05) is 6.07 Å². The van der Waals surface area contributed by atoms with E-state index in [2.05, 4.69) is 0 Å². The van der Waals surface area contributed by atoms with Gasteiger partial charge in [-0.2, -0.15) is 0 Å². The Balaban J connectivity index is 2.97. The van der Waals surface area contributed by atoms with Crippen molar-refractivity contribution < 1.29 is 19.4 Å². The molecule has 0 aliphatic rings. The molecule has 0 aliphatic carbocycles. The van der Waals surface area contributed by atoms with Gasteiger partial charge in [-0.15, -0.1) is 0 Å². The predicted octanol–water partition coefficient (Wildman–Crippen LogP) is 1.78. The summed E-state index contributed by atoms with van der Waals surface area (Å²) in [6, 6.07) is 3.58. The lowest BCUT2D eigenvalue weighted by Crippen LogP contribution is -2.10. The molecule has 0 heterocycles. The SMILES string of the molecule is COc1c(OCC(=O)O)ccc(C)c1C. The summed E-state index contributed by atoms with van der Waals surface area (Å²) in [5, 5.41) is 8.50. The highest BCUT2D eigenvalue weighted by atomic mass is 16.5. The van der Waals surface area contributed by atoms with Gasteiger partial charge < -0.3 is 14.6 Å². The van der Waals surface area contributed by atoms with Crippen LogP contribution in [0.3, 0.4) is 0 Å². The number of methoxy groups -OCH3 is 1. The van der Waals surface area contributed by atoms with E-state index in [1.54, 1.807) is 6.07 Å². The summed E-state index contributed by atoms with van der Waals surface area (Å²) in [5.41, 5.74) is 2.04. The Morgan fingerprint density at radius 3 is 2.60 bits per heavy atom. The van der Waals surface area contributed by atoms with Crippen LogP contribution in [0.4, 0.5) is 0 Å². The number of hydrogen-bond donors (Lipinski definition) is 1. The normalized spacial score (nSPS) is 9.80. The van der Waals surface area contributed by atoms with E-state index >= 15 is 0 Å². The molecule has 0 saturated carbocycles. The van der Waals surface area contributed by atoms with Crippen molar-refractivity contribution >= 4 is 5.97 Å². The number of benzene rings is 1. The Morgan fingerprint density at radius 2 is 2.07 bits per heavy atom.